The highest BCUT2D eigenvalue weighted by Crippen LogP contribution is 2.33. The molecule has 0 aliphatic rings. The minimum Gasteiger partial charge on any atom is -0.490 e. The fourth-order valence-electron chi connectivity index (χ4n) is 2.54. The van der Waals surface area contributed by atoms with Crippen LogP contribution in [0.5, 0.6) is 23.0 Å². The van der Waals surface area contributed by atoms with E-state index in [4.69, 9.17) is 25.8 Å². The highest BCUT2D eigenvalue weighted by atomic mass is 35.5. The Morgan fingerprint density at radius 1 is 0.828 bits per heavy atom. The molecule has 3 aromatic rings. The van der Waals surface area contributed by atoms with Gasteiger partial charge in [-0.15, -0.1) is 0 Å². The van der Waals surface area contributed by atoms with Crippen molar-refractivity contribution in [2.24, 2.45) is 0 Å². The van der Waals surface area contributed by atoms with E-state index in [0.29, 0.717) is 40.3 Å². The van der Waals surface area contributed by atoms with Crippen LogP contribution < -0.4 is 19.5 Å². The Morgan fingerprint density at radius 3 is 2.10 bits per heavy atom. The van der Waals surface area contributed by atoms with Crippen LogP contribution in [0.1, 0.15) is 13.3 Å². The van der Waals surface area contributed by atoms with Crippen molar-refractivity contribution >= 4 is 23.2 Å². The summed E-state index contributed by atoms with van der Waals surface area (Å²) in [6.07, 6.45) is 0.886. The number of anilines is 1. The van der Waals surface area contributed by atoms with E-state index in [1.54, 1.807) is 30.3 Å². The van der Waals surface area contributed by atoms with E-state index in [2.05, 4.69) is 5.32 Å². The molecule has 0 unspecified atom stereocenters. The summed E-state index contributed by atoms with van der Waals surface area (Å²) >= 11 is 6.16. The van der Waals surface area contributed by atoms with Gasteiger partial charge in [0.1, 0.15) is 5.75 Å². The van der Waals surface area contributed by atoms with Gasteiger partial charge in [-0.25, -0.2) is 0 Å². The Kier molecular flexibility index (Phi) is 7.36. The van der Waals surface area contributed by atoms with Crippen molar-refractivity contribution in [1.82, 2.24) is 0 Å². The lowest BCUT2D eigenvalue weighted by atomic mass is 10.3. The molecule has 0 saturated carbocycles. The fraction of sp³-hybridized carbons (Fsp3) is 0.174. The van der Waals surface area contributed by atoms with Gasteiger partial charge >= 0.3 is 0 Å². The largest absolute Gasteiger partial charge is 0.490 e. The Balaban J connectivity index is 1.64. The van der Waals surface area contributed by atoms with Crippen LogP contribution in [0.15, 0.2) is 72.8 Å². The van der Waals surface area contributed by atoms with Crippen LogP contribution in [0, 0.1) is 0 Å². The number of halogens is 1. The topological polar surface area (TPSA) is 56.8 Å². The molecule has 5 nitrogen and oxygen atoms in total. The molecule has 1 N–H and O–H groups in total. The first-order valence-corrected chi connectivity index (χ1v) is 9.71. The van der Waals surface area contributed by atoms with Crippen LogP contribution in [0.3, 0.4) is 0 Å². The van der Waals surface area contributed by atoms with Crippen LogP contribution in [-0.4, -0.2) is 19.1 Å². The lowest BCUT2D eigenvalue weighted by Gasteiger charge is -2.14. The van der Waals surface area contributed by atoms with Gasteiger partial charge in [-0.3, -0.25) is 4.79 Å². The van der Waals surface area contributed by atoms with Crippen molar-refractivity contribution in [2.75, 3.05) is 18.5 Å². The zero-order valence-corrected chi connectivity index (χ0v) is 16.8. The molecule has 0 radical (unpaired) electrons. The van der Waals surface area contributed by atoms with E-state index in [1.165, 1.54) is 0 Å². The summed E-state index contributed by atoms with van der Waals surface area (Å²) < 4.78 is 17.2. The van der Waals surface area contributed by atoms with Gasteiger partial charge in [-0.05, 0) is 42.8 Å². The van der Waals surface area contributed by atoms with E-state index in [0.717, 1.165) is 6.42 Å². The average molecular weight is 412 g/mol. The Bertz CT molecular complexity index is 961. The number of hydrogen-bond donors (Lipinski definition) is 1. The summed E-state index contributed by atoms with van der Waals surface area (Å²) in [6.45, 7) is 2.45. The zero-order valence-electron chi connectivity index (χ0n) is 16.1. The third-order valence-electron chi connectivity index (χ3n) is 3.89. The van der Waals surface area contributed by atoms with Crippen LogP contribution in [0.4, 0.5) is 5.69 Å². The molecule has 0 bridgehead atoms. The molecule has 0 aromatic heterocycles. The first-order valence-electron chi connectivity index (χ1n) is 9.33. The van der Waals surface area contributed by atoms with Crippen LogP contribution in [0.25, 0.3) is 0 Å². The second-order valence-electron chi connectivity index (χ2n) is 6.16. The first-order chi connectivity index (χ1) is 14.2. The van der Waals surface area contributed by atoms with Gasteiger partial charge < -0.3 is 19.5 Å². The highest BCUT2D eigenvalue weighted by molar-refractivity contribution is 6.32. The SMILES string of the molecule is CCCOc1ccccc1OCC(=O)Nc1ccccc1Oc1ccccc1Cl. The Morgan fingerprint density at radius 2 is 1.41 bits per heavy atom. The number of carbonyl (C=O) groups is 1. The maximum absolute atomic E-state index is 12.4. The monoisotopic (exact) mass is 411 g/mol. The molecule has 150 valence electrons. The molecule has 0 saturated heterocycles. The molecule has 0 spiro atoms. The minimum atomic E-state index is -0.314. The second-order valence-corrected chi connectivity index (χ2v) is 6.57. The molecule has 29 heavy (non-hydrogen) atoms. The molecule has 0 aliphatic heterocycles. The number of rotatable bonds is 9. The molecule has 0 fully saturated rings. The van der Waals surface area contributed by atoms with Gasteiger partial charge in [-0.1, -0.05) is 54.9 Å². The van der Waals surface area contributed by atoms with Crippen molar-refractivity contribution in [3.8, 4) is 23.0 Å². The van der Waals surface area contributed by atoms with Crippen molar-refractivity contribution in [3.63, 3.8) is 0 Å². The van der Waals surface area contributed by atoms with E-state index < -0.39 is 0 Å². The van der Waals surface area contributed by atoms with Crippen molar-refractivity contribution < 1.29 is 19.0 Å². The summed E-state index contributed by atoms with van der Waals surface area (Å²) in [5.41, 5.74) is 0.525. The van der Waals surface area contributed by atoms with Gasteiger partial charge in [0.25, 0.3) is 5.91 Å². The number of benzene rings is 3. The summed E-state index contributed by atoms with van der Waals surface area (Å²) in [5.74, 6) is 1.82. The Hall–Kier alpha value is -3.18. The molecule has 0 aliphatic carbocycles. The molecular weight excluding hydrogens is 390 g/mol. The van der Waals surface area contributed by atoms with Gasteiger partial charge in [0.2, 0.25) is 0 Å². The molecule has 6 heteroatoms. The number of para-hydroxylation sites is 5. The fourth-order valence-corrected chi connectivity index (χ4v) is 2.71. The standard InChI is InChI=1S/C23H22ClNO4/c1-2-15-27-21-13-7-8-14-22(21)28-16-23(26)25-18-10-4-6-12-20(18)29-19-11-5-3-9-17(19)24/h3-14H,2,15-16H2,1H3,(H,25,26). The maximum Gasteiger partial charge on any atom is 0.262 e. The number of hydrogen-bond acceptors (Lipinski definition) is 4. The average Bonchev–Trinajstić information content (AvgIpc) is 2.74. The number of ether oxygens (including phenoxy) is 3. The molecule has 0 heterocycles. The quantitative estimate of drug-likeness (QED) is 0.473. The third kappa shape index (κ3) is 5.90. The van der Waals surface area contributed by atoms with Crippen LogP contribution >= 0.6 is 11.6 Å². The van der Waals surface area contributed by atoms with E-state index in [1.807, 2.05) is 49.4 Å². The maximum atomic E-state index is 12.4. The third-order valence-corrected chi connectivity index (χ3v) is 4.20. The summed E-state index contributed by atoms with van der Waals surface area (Å²) in [6, 6.07) is 21.6. The number of amides is 1. The van der Waals surface area contributed by atoms with E-state index >= 15 is 0 Å². The lowest BCUT2D eigenvalue weighted by molar-refractivity contribution is -0.118. The Labute approximate surface area is 175 Å². The van der Waals surface area contributed by atoms with Crippen molar-refractivity contribution in [2.45, 2.75) is 13.3 Å². The number of nitrogens with one attached hydrogen (secondary N) is 1. The first kappa shape index (κ1) is 20.6. The van der Waals surface area contributed by atoms with Crippen molar-refractivity contribution in [1.29, 1.82) is 0 Å². The van der Waals surface area contributed by atoms with Gasteiger partial charge in [0, 0.05) is 0 Å². The van der Waals surface area contributed by atoms with Crippen LogP contribution in [0.2, 0.25) is 5.02 Å². The van der Waals surface area contributed by atoms with Crippen molar-refractivity contribution in [3.05, 3.63) is 77.8 Å². The molecule has 3 aromatic carbocycles. The molecule has 1 amide bonds. The van der Waals surface area contributed by atoms with Gasteiger partial charge in [-0.2, -0.15) is 0 Å². The van der Waals surface area contributed by atoms with Gasteiger partial charge in [0.15, 0.2) is 23.9 Å². The molecule has 0 atom stereocenters. The second kappa shape index (κ2) is 10.4. The highest BCUT2D eigenvalue weighted by Gasteiger charge is 2.12. The molecule has 3 rings (SSSR count). The minimum absolute atomic E-state index is 0.160. The summed E-state index contributed by atoms with van der Waals surface area (Å²) in [5, 5.41) is 3.30. The predicted octanol–water partition coefficient (Wildman–Crippen LogP) is 5.94. The predicted molar refractivity (Wildman–Crippen MR) is 114 cm³/mol. The lowest BCUT2D eigenvalue weighted by Crippen LogP contribution is -2.20. The zero-order chi connectivity index (χ0) is 20.5. The van der Waals surface area contributed by atoms with E-state index in [-0.39, 0.29) is 12.5 Å². The number of carbonyl (C=O) groups excluding carboxylic acids is 1. The molecular formula is C23H22ClNO4. The smallest absolute Gasteiger partial charge is 0.262 e. The van der Waals surface area contributed by atoms with Crippen LogP contribution in [-0.2, 0) is 4.79 Å². The normalized spacial score (nSPS) is 10.3. The van der Waals surface area contributed by atoms with E-state index in [9.17, 15) is 4.79 Å². The summed E-state index contributed by atoms with van der Waals surface area (Å²) in [4.78, 5) is 12.4. The van der Waals surface area contributed by atoms with Gasteiger partial charge in [0.05, 0.1) is 17.3 Å². The summed E-state index contributed by atoms with van der Waals surface area (Å²) in [7, 11) is 0.